The predicted molar refractivity (Wildman–Crippen MR) is 76.5 cm³/mol. The Morgan fingerprint density at radius 3 is 1.94 bits per heavy atom. The van der Waals surface area contributed by atoms with Gasteiger partial charge in [-0.15, -0.1) is 44.6 Å². The Morgan fingerprint density at radius 1 is 1.19 bits per heavy atom. The van der Waals surface area contributed by atoms with Crippen LogP contribution >= 0.6 is 24.8 Å². The third-order valence-electron chi connectivity index (χ3n) is 1.46. The second-order valence-corrected chi connectivity index (χ2v) is 3.98. The van der Waals surface area contributed by atoms with Gasteiger partial charge >= 0.3 is 30.7 Å². The van der Waals surface area contributed by atoms with Crippen LogP contribution in [-0.2, 0) is 22.3 Å². The molecule has 0 atom stereocenters. The van der Waals surface area contributed by atoms with E-state index in [1.807, 2.05) is 18.2 Å². The molecule has 3 heteroatoms. The molecule has 0 aliphatic heterocycles. The Bertz CT molecular complexity index is 280. The van der Waals surface area contributed by atoms with E-state index in [0.29, 0.717) is 0 Å². The van der Waals surface area contributed by atoms with Crippen molar-refractivity contribution in [3.05, 3.63) is 48.1 Å². The Morgan fingerprint density at radius 2 is 1.81 bits per heavy atom. The molecule has 0 fully saturated rings. The molecule has 0 aromatic rings. The van der Waals surface area contributed by atoms with Gasteiger partial charge in [0.1, 0.15) is 0 Å². The normalized spacial score (nSPS) is 12.9. The van der Waals surface area contributed by atoms with Gasteiger partial charge in [0.2, 0.25) is 0 Å². The summed E-state index contributed by atoms with van der Waals surface area (Å²) < 4.78 is 7.09. The molecular weight excluding hydrogens is 318 g/mol. The van der Waals surface area contributed by atoms with Crippen LogP contribution < -0.4 is 0 Å². The molecule has 2 aliphatic carbocycles. The van der Waals surface area contributed by atoms with Crippen LogP contribution in [0.25, 0.3) is 0 Å². The number of rotatable bonds is 0. The summed E-state index contributed by atoms with van der Waals surface area (Å²) in [4.78, 5) is 0. The first-order chi connectivity index (χ1) is 6.81. The van der Waals surface area contributed by atoms with Crippen molar-refractivity contribution in [3.63, 3.8) is 0 Å². The summed E-state index contributed by atoms with van der Waals surface area (Å²) in [7, 11) is 0. The van der Waals surface area contributed by atoms with Crippen LogP contribution in [-0.4, -0.2) is 8.42 Å². The summed E-state index contributed by atoms with van der Waals surface area (Å²) >= 11 is -0.270. The molecule has 0 saturated heterocycles. The first-order valence-corrected chi connectivity index (χ1v) is 8.03. The summed E-state index contributed by atoms with van der Waals surface area (Å²) in [6.07, 6.45) is 18.2. The van der Waals surface area contributed by atoms with Crippen LogP contribution in [0.1, 0.15) is 19.8 Å². The molecule has 0 aromatic carbocycles. The minimum atomic E-state index is -0.270. The molecule has 0 aromatic heterocycles. The van der Waals surface area contributed by atoms with Gasteiger partial charge in [0.25, 0.3) is 0 Å². The van der Waals surface area contributed by atoms with Gasteiger partial charge in [-0.1, -0.05) is 0 Å². The van der Waals surface area contributed by atoms with E-state index >= 15 is 0 Å². The maximum absolute atomic E-state index is 3.54. The third kappa shape index (κ3) is 16.6. The zero-order valence-corrected chi connectivity index (χ0v) is 13.6. The Kier molecular flexibility index (Phi) is 23.5. The van der Waals surface area contributed by atoms with E-state index in [1.165, 1.54) is 5.57 Å². The molecule has 90 valence electrons. The molecule has 0 nitrogen and oxygen atoms in total. The number of allylic oxidation sites excluding steroid dienone is 8. The van der Waals surface area contributed by atoms with E-state index in [1.54, 1.807) is 0 Å². The number of halogens is 2. The summed E-state index contributed by atoms with van der Waals surface area (Å²) in [5.41, 5.74) is 1.34. The summed E-state index contributed by atoms with van der Waals surface area (Å²) in [5, 5.41) is 0. The van der Waals surface area contributed by atoms with Crippen molar-refractivity contribution in [2.75, 3.05) is 0 Å². The van der Waals surface area contributed by atoms with E-state index in [0.717, 1.165) is 12.8 Å². The first kappa shape index (κ1) is 21.4. The van der Waals surface area contributed by atoms with Gasteiger partial charge in [-0.05, 0) is 0 Å². The van der Waals surface area contributed by atoms with Gasteiger partial charge in [-0.25, -0.2) is 23.8 Å². The molecule has 0 radical (unpaired) electrons. The molecule has 0 bridgehead atoms. The molecule has 0 heterocycles. The van der Waals surface area contributed by atoms with Gasteiger partial charge in [-0.2, -0.15) is 12.2 Å². The Hall–Kier alpha value is 0.163. The van der Waals surface area contributed by atoms with Crippen molar-refractivity contribution in [1.82, 2.24) is 0 Å². The summed E-state index contributed by atoms with van der Waals surface area (Å²) in [6, 6.07) is 0. The maximum atomic E-state index is 3.54. The van der Waals surface area contributed by atoms with Gasteiger partial charge < -0.3 is 0 Å². The standard InChI is InChI=1S/C6H7.C5H5.2CH2.2ClH.Zr/c1-6-4-2-3-5-6;1-2-4-5-3-1;;;;;/h4-5H,2H2,1H3;1-3H,4H2;2*1H2;2*1H;/q2*-1;;;;;. The van der Waals surface area contributed by atoms with Crippen LogP contribution in [0.15, 0.2) is 36.0 Å². The molecule has 2 rings (SSSR count). The molecule has 0 N–H and O–H groups in total. The van der Waals surface area contributed by atoms with Crippen molar-refractivity contribution in [2.24, 2.45) is 0 Å². The fourth-order valence-electron chi connectivity index (χ4n) is 0.839. The molecule has 0 spiro atoms. The van der Waals surface area contributed by atoms with E-state index in [2.05, 4.69) is 39.7 Å². The monoisotopic (exact) mass is 334 g/mol. The van der Waals surface area contributed by atoms with Crippen LogP contribution in [0.4, 0.5) is 0 Å². The van der Waals surface area contributed by atoms with Gasteiger partial charge in [0, 0.05) is 0 Å². The fraction of sp³-hybridized carbons (Fsp3) is 0.231. The molecule has 0 saturated carbocycles. The second-order valence-electron chi connectivity index (χ2n) is 2.75. The Balaban J connectivity index is -0.000000157. The first-order valence-electron chi connectivity index (χ1n) is 4.55. The second kappa shape index (κ2) is 17.6. The molecular formula is C13H18Cl2Zr-2. The fourth-order valence-corrected chi connectivity index (χ4v) is 0.839. The van der Waals surface area contributed by atoms with Crippen LogP contribution in [0.5, 0.6) is 0 Å². The zero-order chi connectivity index (χ0) is 10.6. The van der Waals surface area contributed by atoms with E-state index < -0.39 is 0 Å². The van der Waals surface area contributed by atoms with E-state index in [9.17, 15) is 0 Å². The van der Waals surface area contributed by atoms with Gasteiger partial charge in [0.05, 0.1) is 0 Å². The SMILES string of the molecule is CC1=CC[C-]=C1.Cl.Cl.[C-]1=CC=CC1.[CH2]=[Zr]=[CH2]. The van der Waals surface area contributed by atoms with Crippen molar-refractivity contribution in [3.8, 4) is 0 Å². The predicted octanol–water partition coefficient (Wildman–Crippen LogP) is 3.78. The van der Waals surface area contributed by atoms with Crippen LogP contribution in [0.3, 0.4) is 0 Å². The number of hydrogen-bond donors (Lipinski definition) is 0. The minimum absolute atomic E-state index is 0. The van der Waals surface area contributed by atoms with Gasteiger partial charge in [-0.3, -0.25) is 12.2 Å². The topological polar surface area (TPSA) is 0 Å². The number of hydrogen-bond acceptors (Lipinski definition) is 0. The third-order valence-corrected chi connectivity index (χ3v) is 1.46. The van der Waals surface area contributed by atoms with Crippen molar-refractivity contribution < 1.29 is 22.3 Å². The molecule has 2 aliphatic rings. The Labute approximate surface area is 123 Å². The van der Waals surface area contributed by atoms with Crippen molar-refractivity contribution in [1.29, 1.82) is 0 Å². The van der Waals surface area contributed by atoms with Gasteiger partial charge in [0.15, 0.2) is 0 Å². The molecule has 16 heavy (non-hydrogen) atoms. The van der Waals surface area contributed by atoms with Crippen molar-refractivity contribution in [2.45, 2.75) is 19.8 Å². The van der Waals surface area contributed by atoms with E-state index in [-0.39, 0.29) is 47.1 Å². The zero-order valence-electron chi connectivity index (χ0n) is 9.53. The average Bonchev–Trinajstić information content (AvgIpc) is 2.78. The van der Waals surface area contributed by atoms with Crippen LogP contribution in [0, 0.1) is 12.2 Å². The summed E-state index contributed by atoms with van der Waals surface area (Å²) in [6.45, 7) is 2.08. The molecule has 0 unspecified atom stereocenters. The molecule has 0 amide bonds. The summed E-state index contributed by atoms with van der Waals surface area (Å²) in [5.74, 6) is 0. The van der Waals surface area contributed by atoms with Crippen molar-refractivity contribution >= 4 is 33.2 Å². The van der Waals surface area contributed by atoms with E-state index in [4.69, 9.17) is 0 Å². The van der Waals surface area contributed by atoms with Crippen LogP contribution in [0.2, 0.25) is 0 Å². The quantitative estimate of drug-likeness (QED) is 0.591. The average molecular weight is 336 g/mol.